The van der Waals surface area contributed by atoms with E-state index in [2.05, 4.69) is 31.1 Å². The van der Waals surface area contributed by atoms with Crippen molar-refractivity contribution >= 4 is 16.9 Å². The molecule has 0 amide bonds. The van der Waals surface area contributed by atoms with Crippen LogP contribution in [-0.4, -0.2) is 17.5 Å². The number of nitrogens with zero attached hydrogens (tertiary/aromatic N) is 2. The van der Waals surface area contributed by atoms with Gasteiger partial charge >= 0.3 is 0 Å². The Morgan fingerprint density at radius 3 is 2.42 bits per heavy atom. The van der Waals surface area contributed by atoms with Crippen LogP contribution in [-0.2, 0) is 0 Å². The summed E-state index contributed by atoms with van der Waals surface area (Å²) < 4.78 is 0. The molecule has 0 aliphatic heterocycles. The summed E-state index contributed by atoms with van der Waals surface area (Å²) >= 11 is 1.46. The van der Waals surface area contributed by atoms with E-state index < -0.39 is 0 Å². The summed E-state index contributed by atoms with van der Waals surface area (Å²) in [7, 11) is 0. The lowest BCUT2D eigenvalue weighted by Crippen LogP contribution is -2.34. The van der Waals surface area contributed by atoms with Crippen LogP contribution < -0.4 is 5.32 Å². The van der Waals surface area contributed by atoms with Crippen molar-refractivity contribution in [2.24, 2.45) is 10.9 Å². The first-order valence-electron chi connectivity index (χ1n) is 3.89. The van der Waals surface area contributed by atoms with Crippen LogP contribution in [0.1, 0.15) is 20.8 Å². The van der Waals surface area contributed by atoms with Crippen molar-refractivity contribution in [2.45, 2.75) is 26.8 Å². The molecule has 1 atom stereocenters. The zero-order chi connectivity index (χ0) is 9.56. The molecule has 12 heavy (non-hydrogen) atoms. The molecular weight excluding hydrogens is 170 g/mol. The van der Waals surface area contributed by atoms with Crippen molar-refractivity contribution in [1.29, 1.82) is 5.26 Å². The predicted molar refractivity (Wildman–Crippen MR) is 54.0 cm³/mol. The molecule has 0 aromatic heterocycles. The molecule has 68 valence electrons. The molecule has 0 aromatic carbocycles. The first-order chi connectivity index (χ1) is 5.61. The highest BCUT2D eigenvalue weighted by Crippen LogP contribution is 2.03. The summed E-state index contributed by atoms with van der Waals surface area (Å²) in [6, 6.07) is 0.351. The highest BCUT2D eigenvalue weighted by molar-refractivity contribution is 8.13. The lowest BCUT2D eigenvalue weighted by Gasteiger charge is -2.17. The molecule has 0 rings (SSSR count). The average molecular weight is 185 g/mol. The molecular formula is C8H15N3S. The molecule has 1 N–H and O–H groups in total. The molecule has 3 nitrogen and oxygen atoms in total. The standard InChI is InChI=1S/C8H15N3S/c1-6(2)7(3)11-8(12-4)10-5-9/h6-7H,1-4H3,(H,10,11). The Hall–Kier alpha value is -0.690. The van der Waals surface area contributed by atoms with Crippen molar-refractivity contribution in [3.05, 3.63) is 0 Å². The lowest BCUT2D eigenvalue weighted by atomic mass is 10.1. The van der Waals surface area contributed by atoms with Crippen LogP contribution in [0.3, 0.4) is 0 Å². The van der Waals surface area contributed by atoms with E-state index in [0.717, 1.165) is 0 Å². The average Bonchev–Trinajstić information content (AvgIpc) is 2.03. The Morgan fingerprint density at radius 2 is 2.08 bits per heavy atom. The van der Waals surface area contributed by atoms with E-state index in [1.54, 1.807) is 6.19 Å². The Bertz CT molecular complexity index is 193. The molecule has 0 bridgehead atoms. The van der Waals surface area contributed by atoms with Gasteiger partial charge in [-0.3, -0.25) is 0 Å². The minimum absolute atomic E-state index is 0.351. The van der Waals surface area contributed by atoms with Gasteiger partial charge < -0.3 is 5.32 Å². The number of amidine groups is 1. The Balaban J connectivity index is 4.05. The van der Waals surface area contributed by atoms with Gasteiger partial charge in [0.25, 0.3) is 0 Å². The zero-order valence-electron chi connectivity index (χ0n) is 7.96. The topological polar surface area (TPSA) is 48.2 Å². The van der Waals surface area contributed by atoms with Gasteiger partial charge in [-0.15, -0.1) is 4.99 Å². The molecule has 0 saturated heterocycles. The second-order valence-electron chi connectivity index (χ2n) is 2.90. The molecule has 0 spiro atoms. The van der Waals surface area contributed by atoms with Gasteiger partial charge in [0.2, 0.25) is 6.19 Å². The van der Waals surface area contributed by atoms with E-state index >= 15 is 0 Å². The molecule has 0 aromatic rings. The summed E-state index contributed by atoms with van der Waals surface area (Å²) in [5.74, 6) is 0.543. The quantitative estimate of drug-likeness (QED) is 0.405. The van der Waals surface area contributed by atoms with E-state index in [4.69, 9.17) is 5.26 Å². The van der Waals surface area contributed by atoms with E-state index in [-0.39, 0.29) is 0 Å². The second kappa shape index (κ2) is 5.90. The van der Waals surface area contributed by atoms with Gasteiger partial charge in [0.05, 0.1) is 0 Å². The number of rotatable bonds is 2. The highest BCUT2D eigenvalue weighted by Gasteiger charge is 2.07. The molecule has 0 aliphatic rings. The monoisotopic (exact) mass is 185 g/mol. The van der Waals surface area contributed by atoms with Crippen LogP contribution >= 0.6 is 11.8 Å². The fourth-order valence-corrected chi connectivity index (χ4v) is 0.980. The van der Waals surface area contributed by atoms with E-state index in [9.17, 15) is 0 Å². The summed E-state index contributed by atoms with van der Waals surface area (Å²) in [6.45, 7) is 6.33. The number of nitriles is 1. The second-order valence-corrected chi connectivity index (χ2v) is 3.69. The smallest absolute Gasteiger partial charge is 0.208 e. The number of thioether (sulfide) groups is 1. The number of aliphatic imine (C=N–C) groups is 1. The fraction of sp³-hybridized carbons (Fsp3) is 0.750. The minimum Gasteiger partial charge on any atom is -0.361 e. The number of hydrogen-bond acceptors (Lipinski definition) is 3. The largest absolute Gasteiger partial charge is 0.361 e. The molecule has 0 fully saturated rings. The first kappa shape index (κ1) is 11.3. The van der Waals surface area contributed by atoms with Crippen LogP contribution in [0.4, 0.5) is 0 Å². The number of hydrogen-bond donors (Lipinski definition) is 1. The summed E-state index contributed by atoms with van der Waals surface area (Å²) in [5, 5.41) is 12.2. The first-order valence-corrected chi connectivity index (χ1v) is 5.11. The van der Waals surface area contributed by atoms with E-state index in [1.165, 1.54) is 11.8 Å². The molecule has 0 radical (unpaired) electrons. The van der Waals surface area contributed by atoms with Gasteiger partial charge in [0, 0.05) is 6.04 Å². The third kappa shape index (κ3) is 4.24. The third-order valence-electron chi connectivity index (χ3n) is 1.70. The molecule has 0 aliphatic carbocycles. The highest BCUT2D eigenvalue weighted by atomic mass is 32.2. The molecule has 1 unspecified atom stereocenters. The summed E-state index contributed by atoms with van der Waals surface area (Å²) in [6.07, 6.45) is 3.67. The maximum atomic E-state index is 8.33. The summed E-state index contributed by atoms with van der Waals surface area (Å²) in [4.78, 5) is 3.64. The van der Waals surface area contributed by atoms with Crippen molar-refractivity contribution < 1.29 is 0 Å². The van der Waals surface area contributed by atoms with Crippen molar-refractivity contribution in [2.75, 3.05) is 6.26 Å². The molecule has 4 heteroatoms. The van der Waals surface area contributed by atoms with Crippen LogP contribution in [0, 0.1) is 17.4 Å². The maximum absolute atomic E-state index is 8.33. The van der Waals surface area contributed by atoms with Crippen molar-refractivity contribution in [1.82, 2.24) is 5.32 Å². The van der Waals surface area contributed by atoms with Crippen LogP contribution in [0.5, 0.6) is 0 Å². The van der Waals surface area contributed by atoms with Gasteiger partial charge in [-0.2, -0.15) is 5.26 Å². The van der Waals surface area contributed by atoms with E-state index in [1.807, 2.05) is 6.26 Å². The van der Waals surface area contributed by atoms with Gasteiger partial charge in [-0.1, -0.05) is 25.6 Å². The van der Waals surface area contributed by atoms with Crippen molar-refractivity contribution in [3.63, 3.8) is 0 Å². The number of nitrogens with one attached hydrogen (secondary N) is 1. The van der Waals surface area contributed by atoms with Crippen LogP contribution in [0.25, 0.3) is 0 Å². The summed E-state index contributed by atoms with van der Waals surface area (Å²) in [5.41, 5.74) is 0. The minimum atomic E-state index is 0.351. The lowest BCUT2D eigenvalue weighted by molar-refractivity contribution is 0.490. The molecule has 0 heterocycles. The van der Waals surface area contributed by atoms with Crippen molar-refractivity contribution in [3.8, 4) is 6.19 Å². The SMILES string of the molecule is CS/C(=N\C#N)NC(C)C(C)C. The maximum Gasteiger partial charge on any atom is 0.208 e. The van der Waals surface area contributed by atoms with Gasteiger partial charge in [-0.25, -0.2) is 0 Å². The molecule has 0 saturated carbocycles. The zero-order valence-corrected chi connectivity index (χ0v) is 8.77. The van der Waals surface area contributed by atoms with Gasteiger partial charge in [0.1, 0.15) is 0 Å². The Labute approximate surface area is 78.3 Å². The van der Waals surface area contributed by atoms with Gasteiger partial charge in [0.15, 0.2) is 5.17 Å². The Morgan fingerprint density at radius 1 is 1.50 bits per heavy atom. The van der Waals surface area contributed by atoms with Gasteiger partial charge in [-0.05, 0) is 19.1 Å². The van der Waals surface area contributed by atoms with Crippen LogP contribution in [0.2, 0.25) is 0 Å². The Kier molecular flexibility index (Phi) is 5.56. The third-order valence-corrected chi connectivity index (χ3v) is 2.29. The normalized spacial score (nSPS) is 14.2. The van der Waals surface area contributed by atoms with Crippen LogP contribution in [0.15, 0.2) is 4.99 Å². The predicted octanol–water partition coefficient (Wildman–Crippen LogP) is 1.82. The fourth-order valence-electron chi connectivity index (χ4n) is 0.544. The van der Waals surface area contributed by atoms with E-state index in [0.29, 0.717) is 17.1 Å².